The minimum atomic E-state index is -4.56. The zero-order valence-corrected chi connectivity index (χ0v) is 17.6. The highest BCUT2D eigenvalue weighted by atomic mass is 19.4. The first-order chi connectivity index (χ1) is 15.2. The fourth-order valence-electron chi connectivity index (χ4n) is 3.78. The molecule has 0 bridgehead atoms. The Kier molecular flexibility index (Phi) is 7.37. The maximum Gasteiger partial charge on any atom is 0.406 e. The third-order valence-corrected chi connectivity index (χ3v) is 5.36. The number of likely N-dealkylation sites (tertiary alicyclic amines) is 1. The summed E-state index contributed by atoms with van der Waals surface area (Å²) in [7, 11) is 1.48. The molecule has 1 fully saturated rings. The van der Waals surface area contributed by atoms with E-state index in [-0.39, 0.29) is 24.6 Å². The van der Waals surface area contributed by atoms with Crippen LogP contribution in [0.2, 0.25) is 0 Å². The molecule has 1 heterocycles. The van der Waals surface area contributed by atoms with Crippen LogP contribution < -0.4 is 4.74 Å². The van der Waals surface area contributed by atoms with E-state index in [1.807, 2.05) is 0 Å². The van der Waals surface area contributed by atoms with Crippen molar-refractivity contribution in [1.29, 1.82) is 0 Å². The minimum absolute atomic E-state index is 0.0199. The van der Waals surface area contributed by atoms with E-state index in [0.717, 1.165) is 4.90 Å². The number of hydrogen-bond donors (Lipinski definition) is 0. The highest BCUT2D eigenvalue weighted by molar-refractivity contribution is 5.94. The number of ether oxygens (including phenoxy) is 1. The van der Waals surface area contributed by atoms with Crippen molar-refractivity contribution < 1.29 is 31.9 Å². The van der Waals surface area contributed by atoms with Gasteiger partial charge in [0.05, 0.1) is 13.0 Å². The lowest BCUT2D eigenvalue weighted by molar-refractivity contribution is -0.165. The van der Waals surface area contributed by atoms with E-state index in [1.165, 1.54) is 36.3 Å². The lowest BCUT2D eigenvalue weighted by Crippen LogP contribution is -2.48. The van der Waals surface area contributed by atoms with Gasteiger partial charge in [-0.3, -0.25) is 9.59 Å². The van der Waals surface area contributed by atoms with Crippen LogP contribution in [0, 0.1) is 11.7 Å². The van der Waals surface area contributed by atoms with Crippen molar-refractivity contribution in [3.05, 3.63) is 65.5 Å². The minimum Gasteiger partial charge on any atom is -0.497 e. The first-order valence-corrected chi connectivity index (χ1v) is 10.2. The van der Waals surface area contributed by atoms with Gasteiger partial charge in [-0.1, -0.05) is 12.1 Å². The molecule has 1 aliphatic rings. The SMILES string of the molecule is COc1ccc(CN(CC(F)(F)F)C(=O)[C@@H]2CCCN(C(=O)c3ccc(F)cc3)C2)cc1. The van der Waals surface area contributed by atoms with Gasteiger partial charge in [0.25, 0.3) is 5.91 Å². The Morgan fingerprint density at radius 2 is 1.75 bits per heavy atom. The average Bonchev–Trinajstić information content (AvgIpc) is 2.78. The largest absolute Gasteiger partial charge is 0.497 e. The zero-order chi connectivity index (χ0) is 23.3. The Bertz CT molecular complexity index is 930. The van der Waals surface area contributed by atoms with Crippen LogP contribution in [0.1, 0.15) is 28.8 Å². The van der Waals surface area contributed by atoms with E-state index in [9.17, 15) is 27.2 Å². The average molecular weight is 452 g/mol. The second-order valence-corrected chi connectivity index (χ2v) is 7.75. The molecule has 0 aromatic heterocycles. The van der Waals surface area contributed by atoms with Crippen molar-refractivity contribution in [3.63, 3.8) is 0 Å². The molecule has 5 nitrogen and oxygen atoms in total. The normalized spacial score (nSPS) is 16.5. The molecule has 1 saturated heterocycles. The standard InChI is InChI=1S/C23H24F4N2O3/c1-32-20-10-4-16(5-11-20)13-29(15-23(25,26)27)22(31)18-3-2-12-28(14-18)21(30)17-6-8-19(24)9-7-17/h4-11,18H,2-3,12-15H2,1H3/t18-/m1/s1. The summed E-state index contributed by atoms with van der Waals surface area (Å²) in [4.78, 5) is 28.0. The summed E-state index contributed by atoms with van der Waals surface area (Å²) in [5.74, 6) is -1.68. The van der Waals surface area contributed by atoms with Crippen LogP contribution in [0.5, 0.6) is 5.75 Å². The van der Waals surface area contributed by atoms with Crippen LogP contribution in [0.4, 0.5) is 17.6 Å². The molecule has 1 atom stereocenters. The highest BCUT2D eigenvalue weighted by Gasteiger charge is 2.37. The molecule has 0 spiro atoms. The van der Waals surface area contributed by atoms with Crippen molar-refractivity contribution in [1.82, 2.24) is 9.80 Å². The fourth-order valence-corrected chi connectivity index (χ4v) is 3.78. The molecule has 0 unspecified atom stereocenters. The Hall–Kier alpha value is -3.10. The number of rotatable bonds is 6. The van der Waals surface area contributed by atoms with Crippen LogP contribution in [-0.4, -0.2) is 54.5 Å². The summed E-state index contributed by atoms with van der Waals surface area (Å²) < 4.78 is 57.8. The molecular formula is C23H24F4N2O3. The summed E-state index contributed by atoms with van der Waals surface area (Å²) in [5, 5.41) is 0. The lowest BCUT2D eigenvalue weighted by atomic mass is 9.95. The van der Waals surface area contributed by atoms with Crippen LogP contribution in [0.25, 0.3) is 0 Å². The van der Waals surface area contributed by atoms with Crippen molar-refractivity contribution in [2.24, 2.45) is 5.92 Å². The number of piperidine rings is 1. The Balaban J connectivity index is 1.73. The molecule has 2 amide bonds. The van der Waals surface area contributed by atoms with E-state index >= 15 is 0 Å². The molecule has 0 radical (unpaired) electrons. The van der Waals surface area contributed by atoms with E-state index in [0.29, 0.717) is 30.7 Å². The summed E-state index contributed by atoms with van der Waals surface area (Å²) in [5.41, 5.74) is 0.809. The van der Waals surface area contributed by atoms with E-state index in [1.54, 1.807) is 24.3 Å². The van der Waals surface area contributed by atoms with Gasteiger partial charge in [0.2, 0.25) is 5.91 Å². The van der Waals surface area contributed by atoms with Gasteiger partial charge in [0.15, 0.2) is 0 Å². The number of carbonyl (C=O) groups is 2. The maximum atomic E-state index is 13.2. The Labute approximate surface area is 183 Å². The van der Waals surface area contributed by atoms with Gasteiger partial charge in [-0.15, -0.1) is 0 Å². The van der Waals surface area contributed by atoms with Crippen LogP contribution in [0.15, 0.2) is 48.5 Å². The first kappa shape index (κ1) is 23.6. The van der Waals surface area contributed by atoms with Gasteiger partial charge in [0, 0.05) is 25.2 Å². The van der Waals surface area contributed by atoms with Crippen molar-refractivity contribution >= 4 is 11.8 Å². The molecule has 0 N–H and O–H groups in total. The predicted molar refractivity (Wildman–Crippen MR) is 109 cm³/mol. The summed E-state index contributed by atoms with van der Waals surface area (Å²) in [6.45, 7) is -1.17. The second-order valence-electron chi connectivity index (χ2n) is 7.75. The monoisotopic (exact) mass is 452 g/mol. The molecule has 9 heteroatoms. The van der Waals surface area contributed by atoms with Gasteiger partial charge in [-0.2, -0.15) is 13.2 Å². The zero-order valence-electron chi connectivity index (χ0n) is 17.6. The molecule has 32 heavy (non-hydrogen) atoms. The molecule has 2 aromatic rings. The van der Waals surface area contributed by atoms with E-state index in [4.69, 9.17) is 4.74 Å². The second kappa shape index (κ2) is 10.0. The summed E-state index contributed by atoms with van der Waals surface area (Å²) in [6, 6.07) is 11.5. The number of carbonyl (C=O) groups excluding carboxylic acids is 2. The quantitative estimate of drug-likeness (QED) is 0.615. The first-order valence-electron chi connectivity index (χ1n) is 10.2. The van der Waals surface area contributed by atoms with Crippen molar-refractivity contribution in [2.45, 2.75) is 25.6 Å². The van der Waals surface area contributed by atoms with E-state index < -0.39 is 30.4 Å². The van der Waals surface area contributed by atoms with Gasteiger partial charge < -0.3 is 14.5 Å². The Morgan fingerprint density at radius 1 is 1.09 bits per heavy atom. The predicted octanol–water partition coefficient (Wildman–Crippen LogP) is 4.28. The van der Waals surface area contributed by atoms with Gasteiger partial charge >= 0.3 is 6.18 Å². The number of alkyl halides is 3. The van der Waals surface area contributed by atoms with Crippen LogP contribution in [-0.2, 0) is 11.3 Å². The summed E-state index contributed by atoms with van der Waals surface area (Å²) in [6.07, 6.45) is -3.67. The summed E-state index contributed by atoms with van der Waals surface area (Å²) >= 11 is 0. The van der Waals surface area contributed by atoms with Crippen LogP contribution in [0.3, 0.4) is 0 Å². The van der Waals surface area contributed by atoms with Crippen LogP contribution >= 0.6 is 0 Å². The number of benzene rings is 2. The number of nitrogens with zero attached hydrogens (tertiary/aromatic N) is 2. The fraction of sp³-hybridized carbons (Fsp3) is 0.391. The van der Waals surface area contributed by atoms with Gasteiger partial charge in [0.1, 0.15) is 18.1 Å². The number of amides is 2. The lowest BCUT2D eigenvalue weighted by Gasteiger charge is -2.35. The molecule has 3 rings (SSSR count). The van der Waals surface area contributed by atoms with Gasteiger partial charge in [-0.05, 0) is 54.8 Å². The highest BCUT2D eigenvalue weighted by Crippen LogP contribution is 2.25. The molecule has 172 valence electrons. The number of methoxy groups -OCH3 is 1. The van der Waals surface area contributed by atoms with Crippen molar-refractivity contribution in [2.75, 3.05) is 26.7 Å². The Morgan fingerprint density at radius 3 is 2.34 bits per heavy atom. The number of hydrogen-bond acceptors (Lipinski definition) is 3. The third kappa shape index (κ3) is 6.21. The maximum absolute atomic E-state index is 13.2. The molecule has 0 saturated carbocycles. The topological polar surface area (TPSA) is 49.9 Å². The molecule has 2 aromatic carbocycles. The van der Waals surface area contributed by atoms with Gasteiger partial charge in [-0.25, -0.2) is 4.39 Å². The smallest absolute Gasteiger partial charge is 0.406 e. The van der Waals surface area contributed by atoms with E-state index in [2.05, 4.69) is 0 Å². The van der Waals surface area contributed by atoms with Crippen molar-refractivity contribution in [3.8, 4) is 5.75 Å². The molecule has 0 aliphatic carbocycles. The molecule has 1 aliphatic heterocycles. The number of halogens is 4. The molecular weight excluding hydrogens is 428 g/mol. The third-order valence-electron chi connectivity index (χ3n) is 5.36.